The number of sulfone groups is 1. The minimum absolute atomic E-state index is 0.182. The molecule has 0 saturated heterocycles. The topological polar surface area (TPSA) is 59.9 Å². The van der Waals surface area contributed by atoms with Crippen LogP contribution in [0.4, 0.5) is 13.2 Å². The molecule has 4 nitrogen and oxygen atoms in total. The van der Waals surface area contributed by atoms with E-state index in [-0.39, 0.29) is 5.75 Å². The van der Waals surface area contributed by atoms with Gasteiger partial charge in [0.15, 0.2) is 9.84 Å². The maximum atomic E-state index is 12.4. The van der Waals surface area contributed by atoms with Crippen molar-refractivity contribution in [2.24, 2.45) is 0 Å². The Hall–Kier alpha value is -0.700. The second-order valence-corrected chi connectivity index (χ2v) is 10.4. The largest absolute Gasteiger partial charge is 0.445 e. The van der Waals surface area contributed by atoms with E-state index in [4.69, 9.17) is 0 Å². The van der Waals surface area contributed by atoms with Crippen LogP contribution in [-0.2, 0) is 22.4 Å². The average molecular weight is 372 g/mol. The maximum absolute atomic E-state index is 12.4. The number of alkyl halides is 3. The molecule has 134 valence electrons. The molecule has 0 amide bonds. The Morgan fingerprint density at radius 2 is 1.52 bits per heavy atom. The van der Waals surface area contributed by atoms with E-state index in [0.717, 1.165) is 25.7 Å². The van der Waals surface area contributed by atoms with Crippen LogP contribution in [0.25, 0.3) is 0 Å². The Morgan fingerprint density at radius 1 is 0.957 bits per heavy atom. The fourth-order valence-electron chi connectivity index (χ4n) is 1.87. The molecule has 0 bridgehead atoms. The molecular formula is C14H23F3N2O2S2. The fraction of sp³-hybridized carbons (Fsp3) is 0.857. The molecule has 23 heavy (non-hydrogen) atoms. The van der Waals surface area contributed by atoms with Crippen LogP contribution in [0, 0.1) is 0 Å². The molecule has 0 atom stereocenters. The number of hydrogen-bond acceptors (Lipinski definition) is 5. The lowest BCUT2D eigenvalue weighted by Gasteiger charge is -2.18. The summed E-state index contributed by atoms with van der Waals surface area (Å²) < 4.78 is 60.2. The van der Waals surface area contributed by atoms with E-state index >= 15 is 0 Å². The number of rotatable bonds is 8. The van der Waals surface area contributed by atoms with Crippen molar-refractivity contribution < 1.29 is 21.6 Å². The molecule has 0 aromatic carbocycles. The number of unbranched alkanes of at least 4 members (excludes halogenated alkanes) is 4. The van der Waals surface area contributed by atoms with Gasteiger partial charge in [0.1, 0.15) is 5.01 Å². The second kappa shape index (κ2) is 7.92. The molecule has 1 aromatic heterocycles. The van der Waals surface area contributed by atoms with E-state index in [1.165, 1.54) is 0 Å². The standard InChI is InChI=1S/C14H23F3N2O2S2/c1-13(2,3)23(20,21)10-8-6-4-5-7-9-11-18-19-12(22-11)14(15,16)17/h4-10H2,1-3H3. The van der Waals surface area contributed by atoms with Crippen LogP contribution in [0.5, 0.6) is 0 Å². The first-order valence-corrected chi connectivity index (χ1v) is 10.0. The average Bonchev–Trinajstić information content (AvgIpc) is 2.84. The van der Waals surface area contributed by atoms with Crippen molar-refractivity contribution in [3.05, 3.63) is 10.0 Å². The molecule has 9 heteroatoms. The number of aromatic nitrogens is 2. The summed E-state index contributed by atoms with van der Waals surface area (Å²) in [5.41, 5.74) is 0. The van der Waals surface area contributed by atoms with E-state index in [1.807, 2.05) is 0 Å². The molecule has 0 saturated carbocycles. The third kappa shape index (κ3) is 6.74. The summed E-state index contributed by atoms with van der Waals surface area (Å²) in [6.45, 7) is 5.08. The van der Waals surface area contributed by atoms with Gasteiger partial charge in [-0.05, 0) is 33.6 Å². The molecule has 0 aliphatic rings. The highest BCUT2D eigenvalue weighted by Gasteiger charge is 2.35. The Morgan fingerprint density at radius 3 is 2.04 bits per heavy atom. The minimum Gasteiger partial charge on any atom is -0.228 e. The molecule has 1 aromatic rings. The van der Waals surface area contributed by atoms with Gasteiger partial charge in [-0.25, -0.2) is 8.42 Å². The molecule has 0 fully saturated rings. The van der Waals surface area contributed by atoms with Gasteiger partial charge in [0.25, 0.3) is 0 Å². The lowest BCUT2D eigenvalue weighted by Crippen LogP contribution is -2.30. The first kappa shape index (κ1) is 20.3. The number of aryl methyl sites for hydroxylation is 1. The van der Waals surface area contributed by atoms with Gasteiger partial charge in [-0.3, -0.25) is 0 Å². The smallest absolute Gasteiger partial charge is 0.228 e. The van der Waals surface area contributed by atoms with Crippen molar-refractivity contribution in [3.8, 4) is 0 Å². The molecule has 0 N–H and O–H groups in total. The van der Waals surface area contributed by atoms with Crippen LogP contribution in [0.15, 0.2) is 0 Å². The van der Waals surface area contributed by atoms with Crippen molar-refractivity contribution in [1.82, 2.24) is 10.2 Å². The summed E-state index contributed by atoms with van der Waals surface area (Å²) in [5, 5.41) is 6.18. The number of hydrogen-bond donors (Lipinski definition) is 0. The van der Waals surface area contributed by atoms with Crippen LogP contribution in [0.3, 0.4) is 0 Å². The first-order chi connectivity index (χ1) is 10.4. The van der Waals surface area contributed by atoms with E-state index < -0.39 is 25.8 Å². The van der Waals surface area contributed by atoms with E-state index in [0.29, 0.717) is 29.2 Å². The number of halogens is 3. The molecule has 1 rings (SSSR count). The molecular weight excluding hydrogens is 349 g/mol. The highest BCUT2D eigenvalue weighted by atomic mass is 32.2. The zero-order chi connectivity index (χ0) is 17.7. The molecule has 0 radical (unpaired) electrons. The maximum Gasteiger partial charge on any atom is 0.445 e. The van der Waals surface area contributed by atoms with Gasteiger partial charge in [-0.2, -0.15) is 13.2 Å². The second-order valence-electron chi connectivity index (χ2n) is 6.45. The van der Waals surface area contributed by atoms with Crippen LogP contribution in [-0.4, -0.2) is 29.1 Å². The summed E-state index contributed by atoms with van der Waals surface area (Å²) in [5.74, 6) is 0.182. The molecule has 0 unspecified atom stereocenters. The van der Waals surface area contributed by atoms with E-state index in [9.17, 15) is 21.6 Å². The van der Waals surface area contributed by atoms with Gasteiger partial charge >= 0.3 is 6.18 Å². The Kier molecular flexibility index (Phi) is 7.00. The zero-order valence-corrected chi connectivity index (χ0v) is 15.2. The predicted molar refractivity (Wildman–Crippen MR) is 85.2 cm³/mol. The normalized spacial score (nSPS) is 13.5. The van der Waals surface area contributed by atoms with Crippen molar-refractivity contribution >= 4 is 21.2 Å². The summed E-state index contributed by atoms with van der Waals surface area (Å²) in [6.07, 6.45) is -0.0715. The minimum atomic E-state index is -4.42. The number of nitrogens with zero attached hydrogens (tertiary/aromatic N) is 2. The Bertz CT molecular complexity index is 590. The van der Waals surface area contributed by atoms with Crippen LogP contribution in [0.2, 0.25) is 0 Å². The summed E-state index contributed by atoms with van der Waals surface area (Å²) >= 11 is 0.588. The van der Waals surface area contributed by atoms with Crippen LogP contribution < -0.4 is 0 Å². The van der Waals surface area contributed by atoms with Crippen molar-refractivity contribution in [2.75, 3.05) is 5.75 Å². The van der Waals surface area contributed by atoms with Gasteiger partial charge in [0, 0.05) is 6.42 Å². The fourth-order valence-corrected chi connectivity index (χ4v) is 3.82. The lowest BCUT2D eigenvalue weighted by atomic mass is 10.1. The SMILES string of the molecule is CC(C)(C)S(=O)(=O)CCCCCCCc1nnc(C(F)(F)F)s1. The van der Waals surface area contributed by atoms with Gasteiger partial charge in [-0.15, -0.1) is 10.2 Å². The lowest BCUT2D eigenvalue weighted by molar-refractivity contribution is -0.138. The highest BCUT2D eigenvalue weighted by molar-refractivity contribution is 7.92. The first-order valence-electron chi connectivity index (χ1n) is 7.55. The predicted octanol–water partition coefficient (Wildman–Crippen LogP) is 4.26. The van der Waals surface area contributed by atoms with Crippen molar-refractivity contribution in [1.29, 1.82) is 0 Å². The molecule has 1 heterocycles. The molecule has 0 aliphatic heterocycles. The quantitative estimate of drug-likeness (QED) is 0.640. The van der Waals surface area contributed by atoms with Gasteiger partial charge in [0.05, 0.1) is 10.5 Å². The Balaban J connectivity index is 2.18. The summed E-state index contributed by atoms with van der Waals surface area (Å²) in [6, 6.07) is 0. The van der Waals surface area contributed by atoms with E-state index in [1.54, 1.807) is 20.8 Å². The van der Waals surface area contributed by atoms with Gasteiger partial charge in [-0.1, -0.05) is 30.6 Å². The highest BCUT2D eigenvalue weighted by Crippen LogP contribution is 2.31. The molecule has 0 spiro atoms. The van der Waals surface area contributed by atoms with Crippen molar-refractivity contribution in [2.45, 2.75) is 70.2 Å². The van der Waals surface area contributed by atoms with Crippen molar-refractivity contribution in [3.63, 3.8) is 0 Å². The third-order valence-corrected chi connectivity index (χ3v) is 7.17. The Labute approximate surface area is 139 Å². The van der Waals surface area contributed by atoms with E-state index in [2.05, 4.69) is 10.2 Å². The summed E-state index contributed by atoms with van der Waals surface area (Å²) in [4.78, 5) is 0. The zero-order valence-electron chi connectivity index (χ0n) is 13.6. The third-order valence-electron chi connectivity index (χ3n) is 3.45. The van der Waals surface area contributed by atoms with Crippen LogP contribution >= 0.6 is 11.3 Å². The monoisotopic (exact) mass is 372 g/mol. The summed E-state index contributed by atoms with van der Waals surface area (Å²) in [7, 11) is -3.07. The van der Waals surface area contributed by atoms with Gasteiger partial charge in [0.2, 0.25) is 5.01 Å². The molecule has 0 aliphatic carbocycles. The van der Waals surface area contributed by atoms with Gasteiger partial charge < -0.3 is 0 Å². The van der Waals surface area contributed by atoms with Crippen LogP contribution in [0.1, 0.15) is 62.9 Å².